The molecule has 2 aromatic carbocycles. The zero-order valence-corrected chi connectivity index (χ0v) is 21.2. The highest BCUT2D eigenvalue weighted by molar-refractivity contribution is 5.91. The smallest absolute Gasteiger partial charge is 0.454 e. The third-order valence-corrected chi connectivity index (χ3v) is 5.94. The topological polar surface area (TPSA) is 115 Å². The summed E-state index contributed by atoms with van der Waals surface area (Å²) in [5.74, 6) is 0.678. The maximum Gasteiger partial charge on any atom is 0.511 e. The Morgan fingerprint density at radius 2 is 1.89 bits per heavy atom. The Morgan fingerprint density at radius 3 is 2.57 bits per heavy atom. The van der Waals surface area contributed by atoms with Crippen molar-refractivity contribution in [3.8, 4) is 23.2 Å². The molecule has 2 N–H and O–H groups in total. The van der Waals surface area contributed by atoms with E-state index in [0.717, 1.165) is 30.8 Å². The van der Waals surface area contributed by atoms with Crippen LogP contribution in [0.5, 0.6) is 17.2 Å². The van der Waals surface area contributed by atoms with Gasteiger partial charge >= 0.3 is 6.16 Å². The van der Waals surface area contributed by atoms with Crippen molar-refractivity contribution < 1.29 is 23.8 Å². The molecule has 0 unspecified atom stereocenters. The molecule has 0 radical (unpaired) electrons. The second-order valence-corrected chi connectivity index (χ2v) is 8.44. The van der Waals surface area contributed by atoms with Crippen molar-refractivity contribution >= 4 is 22.9 Å². The molecule has 37 heavy (non-hydrogen) atoms. The molecule has 0 fully saturated rings. The van der Waals surface area contributed by atoms with Gasteiger partial charge in [-0.3, -0.25) is 0 Å². The Morgan fingerprint density at radius 1 is 1.16 bits per heavy atom. The van der Waals surface area contributed by atoms with Crippen molar-refractivity contribution in [2.75, 3.05) is 31.5 Å². The van der Waals surface area contributed by atoms with Crippen LogP contribution in [-0.4, -0.2) is 62.1 Å². The first-order valence-electron chi connectivity index (χ1n) is 12.0. The van der Waals surface area contributed by atoms with Gasteiger partial charge in [-0.1, -0.05) is 32.0 Å². The molecule has 0 aliphatic carbocycles. The molecule has 0 aliphatic rings. The molecule has 194 valence electrons. The second kappa shape index (κ2) is 11.2. The summed E-state index contributed by atoms with van der Waals surface area (Å²) in [6.45, 7) is 11.2. The minimum absolute atomic E-state index is 0.00997. The third kappa shape index (κ3) is 5.95. The number of ether oxygens (including phenoxy) is 2. The molecule has 2 aromatic heterocycles. The fraction of sp³-hybridized carbons (Fsp3) is 0.308. The minimum atomic E-state index is -1.46. The van der Waals surface area contributed by atoms with Crippen molar-refractivity contribution in [2.24, 2.45) is 0 Å². The van der Waals surface area contributed by atoms with Crippen molar-refractivity contribution in [3.05, 3.63) is 59.7 Å². The van der Waals surface area contributed by atoms with Gasteiger partial charge in [-0.15, -0.1) is 0 Å². The highest BCUT2D eigenvalue weighted by Crippen LogP contribution is 2.34. The summed E-state index contributed by atoms with van der Waals surface area (Å²) in [7, 11) is 0. The van der Waals surface area contributed by atoms with Crippen LogP contribution >= 0.6 is 0 Å². The van der Waals surface area contributed by atoms with E-state index in [1.165, 1.54) is 23.1 Å². The number of likely N-dealkylation sites (N-methyl/N-ethyl adjacent to an activating group) is 1. The van der Waals surface area contributed by atoms with E-state index in [0.29, 0.717) is 29.0 Å². The first-order chi connectivity index (χ1) is 17.8. The zero-order valence-electron chi connectivity index (χ0n) is 21.2. The maximum atomic E-state index is 15.2. The molecule has 0 saturated heterocycles. The number of halogens is 1. The molecule has 0 bridgehead atoms. The number of carboxylic acid groups (broad SMARTS) is 1. The number of aromatic nitrogens is 4. The molecule has 0 aliphatic heterocycles. The quantitative estimate of drug-likeness (QED) is 0.280. The van der Waals surface area contributed by atoms with E-state index in [1.54, 1.807) is 6.07 Å². The SMILES string of the molecule is CCN(CC)CCNc1nc(-n2cc(OC(=O)O)cn2)nc2cc(F)c(Oc3c(C)cccc3C)cc12. The summed E-state index contributed by atoms with van der Waals surface area (Å²) < 4.78 is 27.1. The number of nitrogens with one attached hydrogen (secondary N) is 1. The third-order valence-electron chi connectivity index (χ3n) is 5.94. The number of hydrogen-bond acceptors (Lipinski definition) is 8. The Balaban J connectivity index is 1.76. The van der Waals surface area contributed by atoms with Crippen molar-refractivity contribution in [1.82, 2.24) is 24.6 Å². The van der Waals surface area contributed by atoms with Gasteiger partial charge in [0.25, 0.3) is 5.95 Å². The number of fused-ring (bicyclic) bond motifs is 1. The van der Waals surface area contributed by atoms with E-state index in [4.69, 9.17) is 9.84 Å². The van der Waals surface area contributed by atoms with Crippen LogP contribution in [-0.2, 0) is 0 Å². The van der Waals surface area contributed by atoms with Gasteiger partial charge in [0.2, 0.25) is 0 Å². The summed E-state index contributed by atoms with van der Waals surface area (Å²) >= 11 is 0. The lowest BCUT2D eigenvalue weighted by Gasteiger charge is -2.19. The minimum Gasteiger partial charge on any atom is -0.454 e. The largest absolute Gasteiger partial charge is 0.511 e. The molecule has 4 aromatic rings. The van der Waals surface area contributed by atoms with Crippen molar-refractivity contribution in [2.45, 2.75) is 27.7 Å². The van der Waals surface area contributed by atoms with Crippen LogP contribution in [0.3, 0.4) is 0 Å². The lowest BCUT2D eigenvalue weighted by molar-refractivity contribution is 0.144. The lowest BCUT2D eigenvalue weighted by atomic mass is 10.1. The molecule has 4 rings (SSSR count). The standard InChI is InChI=1S/C26H29FN6O4/c1-5-32(6-2)11-10-28-24-19-12-22(37-23-16(3)8-7-9-17(23)4)20(27)13-21(19)30-25(31-24)33-15-18(14-29-33)36-26(34)35/h7-9,12-15H,5-6,10-11H2,1-4H3,(H,34,35)(H,28,30,31). The molecule has 0 amide bonds. The van der Waals surface area contributed by atoms with Gasteiger partial charge in [-0.05, 0) is 44.1 Å². The normalized spacial score (nSPS) is 11.2. The second-order valence-electron chi connectivity index (χ2n) is 8.44. The van der Waals surface area contributed by atoms with E-state index >= 15 is 4.39 Å². The number of benzene rings is 2. The number of nitrogens with zero attached hydrogens (tertiary/aromatic N) is 5. The van der Waals surface area contributed by atoms with Crippen LogP contribution in [0.15, 0.2) is 42.7 Å². The summed E-state index contributed by atoms with van der Waals surface area (Å²) in [5.41, 5.74) is 2.11. The molecule has 0 saturated carbocycles. The summed E-state index contributed by atoms with van der Waals surface area (Å²) in [6.07, 6.45) is 1.11. The predicted molar refractivity (Wildman–Crippen MR) is 138 cm³/mol. The van der Waals surface area contributed by atoms with Crippen LogP contribution in [0, 0.1) is 19.7 Å². The fourth-order valence-corrected chi connectivity index (χ4v) is 3.95. The summed E-state index contributed by atoms with van der Waals surface area (Å²) in [5, 5.41) is 16.8. The van der Waals surface area contributed by atoms with Gasteiger partial charge in [-0.25, -0.2) is 18.9 Å². The van der Waals surface area contributed by atoms with Crippen LogP contribution in [0.25, 0.3) is 16.9 Å². The summed E-state index contributed by atoms with van der Waals surface area (Å²) in [6, 6.07) is 8.61. The van der Waals surface area contributed by atoms with Gasteiger partial charge in [0.05, 0.1) is 17.9 Å². The van der Waals surface area contributed by atoms with E-state index < -0.39 is 12.0 Å². The number of carbonyl (C=O) groups is 1. The van der Waals surface area contributed by atoms with Crippen LogP contribution < -0.4 is 14.8 Å². The van der Waals surface area contributed by atoms with Crippen molar-refractivity contribution in [1.29, 1.82) is 0 Å². The first kappa shape index (κ1) is 25.8. The molecular formula is C26H29FN6O4. The number of aryl methyl sites for hydroxylation is 2. The van der Waals surface area contributed by atoms with E-state index in [-0.39, 0.29) is 17.4 Å². The highest BCUT2D eigenvalue weighted by Gasteiger charge is 2.17. The molecule has 0 spiro atoms. The number of para-hydroxylation sites is 1. The van der Waals surface area contributed by atoms with E-state index in [1.807, 2.05) is 32.0 Å². The Labute approximate surface area is 213 Å². The van der Waals surface area contributed by atoms with E-state index in [9.17, 15) is 4.79 Å². The average Bonchev–Trinajstić information content (AvgIpc) is 3.32. The molecule has 0 atom stereocenters. The van der Waals surface area contributed by atoms with Crippen LogP contribution in [0.4, 0.5) is 15.0 Å². The van der Waals surface area contributed by atoms with Gasteiger partial charge in [0.1, 0.15) is 11.6 Å². The van der Waals surface area contributed by atoms with Gasteiger partial charge < -0.3 is 24.8 Å². The molecule has 11 heteroatoms. The highest BCUT2D eigenvalue weighted by atomic mass is 19.1. The number of anilines is 1. The first-order valence-corrected chi connectivity index (χ1v) is 12.0. The summed E-state index contributed by atoms with van der Waals surface area (Å²) in [4.78, 5) is 22.2. The lowest BCUT2D eigenvalue weighted by Crippen LogP contribution is -2.28. The van der Waals surface area contributed by atoms with Crippen molar-refractivity contribution in [3.63, 3.8) is 0 Å². The van der Waals surface area contributed by atoms with Crippen LogP contribution in [0.2, 0.25) is 0 Å². The Kier molecular flexibility index (Phi) is 7.83. The van der Waals surface area contributed by atoms with Gasteiger partial charge in [0.15, 0.2) is 17.3 Å². The molecule has 10 nitrogen and oxygen atoms in total. The van der Waals surface area contributed by atoms with Gasteiger partial charge in [-0.2, -0.15) is 10.1 Å². The Bertz CT molecular complexity index is 1400. The van der Waals surface area contributed by atoms with Crippen LogP contribution in [0.1, 0.15) is 25.0 Å². The zero-order chi connectivity index (χ0) is 26.5. The maximum absolute atomic E-state index is 15.2. The number of hydrogen-bond donors (Lipinski definition) is 2. The molecular weight excluding hydrogens is 479 g/mol. The predicted octanol–water partition coefficient (Wildman–Crippen LogP) is 5.17. The molecule has 2 heterocycles. The van der Waals surface area contributed by atoms with E-state index in [2.05, 4.69) is 43.9 Å². The monoisotopic (exact) mass is 508 g/mol. The van der Waals surface area contributed by atoms with Gasteiger partial charge in [0, 0.05) is 24.5 Å². The number of rotatable bonds is 10. The Hall–Kier alpha value is -4.25. The fourth-order valence-electron chi connectivity index (χ4n) is 3.95. The average molecular weight is 509 g/mol.